The third-order valence-corrected chi connectivity index (χ3v) is 3.85. The minimum Gasteiger partial charge on any atom is -0.462 e. The summed E-state index contributed by atoms with van der Waals surface area (Å²) in [6.45, 7) is 1.98. The summed E-state index contributed by atoms with van der Waals surface area (Å²) in [5, 5.41) is 14.7. The van der Waals surface area contributed by atoms with Gasteiger partial charge >= 0.3 is 5.97 Å². The van der Waals surface area contributed by atoms with E-state index < -0.39 is 11.9 Å². The fourth-order valence-electron chi connectivity index (χ4n) is 2.52. The standard InChI is InChI=1S/C21H17N5O3/c1-2-29-20(28)15-8-4-6-10-17(15)25-21-23-12-11-18(26-21)19(27)24-16-9-5-3-7-14(16)13-22/h3-12H,2H2,1H3,(H,24,27)(H,23,25,26). The molecule has 2 N–H and O–H groups in total. The highest BCUT2D eigenvalue weighted by atomic mass is 16.5. The molecule has 0 saturated heterocycles. The van der Waals surface area contributed by atoms with Crippen LogP contribution in [0.3, 0.4) is 0 Å². The number of benzene rings is 2. The van der Waals surface area contributed by atoms with Gasteiger partial charge in [-0.2, -0.15) is 5.26 Å². The second-order valence-electron chi connectivity index (χ2n) is 5.77. The molecule has 0 radical (unpaired) electrons. The number of nitrogens with zero attached hydrogens (tertiary/aromatic N) is 3. The van der Waals surface area contributed by atoms with Crippen LogP contribution < -0.4 is 10.6 Å². The Morgan fingerprint density at radius 1 is 1.07 bits per heavy atom. The van der Waals surface area contributed by atoms with Crippen LogP contribution in [0.1, 0.15) is 33.3 Å². The zero-order valence-corrected chi connectivity index (χ0v) is 15.5. The lowest BCUT2D eigenvalue weighted by Crippen LogP contribution is -2.16. The number of aromatic nitrogens is 2. The lowest BCUT2D eigenvalue weighted by Gasteiger charge is -2.11. The van der Waals surface area contributed by atoms with Crippen molar-refractivity contribution in [3.05, 3.63) is 77.6 Å². The third-order valence-electron chi connectivity index (χ3n) is 3.85. The van der Waals surface area contributed by atoms with E-state index in [-0.39, 0.29) is 18.2 Å². The molecule has 3 aromatic rings. The molecule has 1 amide bonds. The summed E-state index contributed by atoms with van der Waals surface area (Å²) in [7, 11) is 0. The maximum Gasteiger partial charge on any atom is 0.340 e. The van der Waals surface area contributed by atoms with E-state index in [0.717, 1.165) is 0 Å². The molecule has 0 saturated carbocycles. The smallest absolute Gasteiger partial charge is 0.340 e. The normalized spacial score (nSPS) is 9.93. The molecule has 8 nitrogen and oxygen atoms in total. The number of nitrogens with one attached hydrogen (secondary N) is 2. The van der Waals surface area contributed by atoms with Gasteiger partial charge in [0.25, 0.3) is 5.91 Å². The highest BCUT2D eigenvalue weighted by Gasteiger charge is 2.15. The lowest BCUT2D eigenvalue weighted by molar-refractivity contribution is 0.0527. The van der Waals surface area contributed by atoms with Crippen molar-refractivity contribution in [1.82, 2.24) is 9.97 Å². The zero-order valence-electron chi connectivity index (χ0n) is 15.5. The summed E-state index contributed by atoms with van der Waals surface area (Å²) in [5.41, 5.74) is 1.62. The first-order valence-electron chi connectivity index (χ1n) is 8.79. The highest BCUT2D eigenvalue weighted by molar-refractivity contribution is 6.03. The maximum absolute atomic E-state index is 12.5. The van der Waals surface area contributed by atoms with Crippen LogP contribution in [0.25, 0.3) is 0 Å². The van der Waals surface area contributed by atoms with Crippen LogP contribution in [-0.2, 0) is 4.74 Å². The molecule has 0 aliphatic heterocycles. The number of esters is 1. The fraction of sp³-hybridized carbons (Fsp3) is 0.0952. The molecule has 29 heavy (non-hydrogen) atoms. The number of nitriles is 1. The SMILES string of the molecule is CCOC(=O)c1ccccc1Nc1nccc(C(=O)Nc2ccccc2C#N)n1. The Kier molecular flexibility index (Phi) is 6.12. The first kappa shape index (κ1) is 19.5. The number of rotatable bonds is 6. The predicted molar refractivity (Wildman–Crippen MR) is 107 cm³/mol. The van der Waals surface area contributed by atoms with Gasteiger partial charge in [-0.3, -0.25) is 4.79 Å². The number of carbonyl (C=O) groups excluding carboxylic acids is 2. The Morgan fingerprint density at radius 2 is 1.79 bits per heavy atom. The molecule has 0 fully saturated rings. The summed E-state index contributed by atoms with van der Waals surface area (Å²) in [6, 6.07) is 16.9. The van der Waals surface area contributed by atoms with Gasteiger partial charge in [0.15, 0.2) is 0 Å². The molecule has 1 aromatic heterocycles. The maximum atomic E-state index is 12.5. The molecule has 1 heterocycles. The average molecular weight is 387 g/mol. The molecule has 3 rings (SSSR count). The quantitative estimate of drug-likeness (QED) is 0.621. The highest BCUT2D eigenvalue weighted by Crippen LogP contribution is 2.20. The Hall–Kier alpha value is -4.25. The van der Waals surface area contributed by atoms with E-state index >= 15 is 0 Å². The van der Waals surface area contributed by atoms with Gasteiger partial charge in [0.05, 0.1) is 29.1 Å². The number of hydrogen-bond donors (Lipinski definition) is 2. The number of anilines is 3. The minimum atomic E-state index is -0.489. The van der Waals surface area contributed by atoms with E-state index in [1.807, 2.05) is 6.07 Å². The Morgan fingerprint density at radius 3 is 2.55 bits per heavy atom. The molecular formula is C21H17N5O3. The van der Waals surface area contributed by atoms with Crippen molar-refractivity contribution >= 4 is 29.2 Å². The zero-order chi connectivity index (χ0) is 20.6. The van der Waals surface area contributed by atoms with Crippen LogP contribution in [0.4, 0.5) is 17.3 Å². The van der Waals surface area contributed by atoms with Gasteiger partial charge in [-0.25, -0.2) is 14.8 Å². The van der Waals surface area contributed by atoms with Gasteiger partial charge in [-0.05, 0) is 37.3 Å². The number of carbonyl (C=O) groups is 2. The molecule has 0 unspecified atom stereocenters. The van der Waals surface area contributed by atoms with Crippen molar-refractivity contribution in [2.45, 2.75) is 6.92 Å². The Balaban J connectivity index is 1.81. The summed E-state index contributed by atoms with van der Waals surface area (Å²) < 4.78 is 5.05. The van der Waals surface area contributed by atoms with Crippen molar-refractivity contribution in [3.63, 3.8) is 0 Å². The van der Waals surface area contributed by atoms with Crippen molar-refractivity contribution in [2.24, 2.45) is 0 Å². The van der Waals surface area contributed by atoms with Gasteiger partial charge in [0.1, 0.15) is 11.8 Å². The molecule has 0 aliphatic rings. The van der Waals surface area contributed by atoms with Crippen molar-refractivity contribution in [1.29, 1.82) is 5.26 Å². The van der Waals surface area contributed by atoms with E-state index in [9.17, 15) is 9.59 Å². The number of amides is 1. The van der Waals surface area contributed by atoms with Crippen LogP contribution in [-0.4, -0.2) is 28.5 Å². The average Bonchev–Trinajstić information content (AvgIpc) is 2.75. The molecule has 2 aromatic carbocycles. The second-order valence-corrected chi connectivity index (χ2v) is 5.77. The van der Waals surface area contributed by atoms with Crippen LogP contribution in [0.2, 0.25) is 0 Å². The topological polar surface area (TPSA) is 117 Å². The van der Waals surface area contributed by atoms with Crippen LogP contribution in [0.5, 0.6) is 0 Å². The van der Waals surface area contributed by atoms with E-state index in [1.165, 1.54) is 12.3 Å². The monoisotopic (exact) mass is 387 g/mol. The number of ether oxygens (including phenoxy) is 1. The van der Waals surface area contributed by atoms with Gasteiger partial charge < -0.3 is 15.4 Å². The summed E-state index contributed by atoms with van der Waals surface area (Å²) in [6.07, 6.45) is 1.42. The molecule has 0 atom stereocenters. The largest absolute Gasteiger partial charge is 0.462 e. The Labute approximate surface area is 167 Å². The van der Waals surface area contributed by atoms with Crippen molar-refractivity contribution < 1.29 is 14.3 Å². The fourth-order valence-corrected chi connectivity index (χ4v) is 2.52. The van der Waals surface area contributed by atoms with Gasteiger partial charge in [-0.1, -0.05) is 24.3 Å². The summed E-state index contributed by atoms with van der Waals surface area (Å²) in [4.78, 5) is 32.9. The molecule has 8 heteroatoms. The van der Waals surface area contributed by atoms with Crippen LogP contribution in [0, 0.1) is 11.3 Å². The van der Waals surface area contributed by atoms with Gasteiger partial charge in [0.2, 0.25) is 5.95 Å². The molecule has 0 bridgehead atoms. The molecule has 0 spiro atoms. The van der Waals surface area contributed by atoms with Crippen LogP contribution >= 0.6 is 0 Å². The van der Waals surface area contributed by atoms with E-state index in [4.69, 9.17) is 10.00 Å². The lowest BCUT2D eigenvalue weighted by atomic mass is 10.2. The first-order chi connectivity index (χ1) is 14.1. The molecular weight excluding hydrogens is 370 g/mol. The van der Waals surface area contributed by atoms with E-state index in [0.29, 0.717) is 22.5 Å². The van der Waals surface area contributed by atoms with Gasteiger partial charge in [-0.15, -0.1) is 0 Å². The number of hydrogen-bond acceptors (Lipinski definition) is 7. The molecule has 0 aliphatic carbocycles. The van der Waals surface area contributed by atoms with Gasteiger partial charge in [0, 0.05) is 6.20 Å². The van der Waals surface area contributed by atoms with E-state index in [2.05, 4.69) is 20.6 Å². The Bertz CT molecular complexity index is 1090. The number of para-hydroxylation sites is 2. The van der Waals surface area contributed by atoms with E-state index in [1.54, 1.807) is 55.5 Å². The van der Waals surface area contributed by atoms with Crippen molar-refractivity contribution in [3.8, 4) is 6.07 Å². The minimum absolute atomic E-state index is 0.101. The molecule has 144 valence electrons. The van der Waals surface area contributed by atoms with Crippen molar-refractivity contribution in [2.75, 3.05) is 17.2 Å². The summed E-state index contributed by atoms with van der Waals surface area (Å²) in [5.74, 6) is -0.822. The second kappa shape index (κ2) is 9.10. The van der Waals surface area contributed by atoms with Crippen LogP contribution in [0.15, 0.2) is 60.8 Å². The first-order valence-corrected chi connectivity index (χ1v) is 8.79. The predicted octanol–water partition coefficient (Wildman–Crippen LogP) is 3.52. The third kappa shape index (κ3) is 4.73. The summed E-state index contributed by atoms with van der Waals surface area (Å²) >= 11 is 0.